The van der Waals surface area contributed by atoms with Crippen molar-refractivity contribution >= 4 is 29.3 Å². The molecule has 2 rings (SSSR count). The van der Waals surface area contributed by atoms with E-state index in [0.717, 1.165) is 17.7 Å². The van der Waals surface area contributed by atoms with Gasteiger partial charge in [0, 0.05) is 23.2 Å². The predicted molar refractivity (Wildman–Crippen MR) is 82.7 cm³/mol. The summed E-state index contributed by atoms with van der Waals surface area (Å²) in [5.74, 6) is 2.71. The van der Waals surface area contributed by atoms with Crippen LogP contribution < -0.4 is 0 Å². The van der Waals surface area contributed by atoms with Crippen molar-refractivity contribution in [3.63, 3.8) is 0 Å². The zero-order chi connectivity index (χ0) is 13.0. The van der Waals surface area contributed by atoms with Crippen molar-refractivity contribution < 1.29 is 4.79 Å². The van der Waals surface area contributed by atoms with Gasteiger partial charge in [-0.2, -0.15) is 11.8 Å². The van der Waals surface area contributed by atoms with Gasteiger partial charge in [-0.3, -0.25) is 4.79 Å². The highest BCUT2D eigenvalue weighted by Crippen LogP contribution is 2.34. The minimum atomic E-state index is 0.204. The minimum Gasteiger partial charge on any atom is -0.298 e. The van der Waals surface area contributed by atoms with E-state index in [1.54, 1.807) is 0 Å². The van der Waals surface area contributed by atoms with Crippen LogP contribution in [0.15, 0.2) is 24.3 Å². The van der Waals surface area contributed by atoms with Gasteiger partial charge in [0.1, 0.15) is 0 Å². The van der Waals surface area contributed by atoms with E-state index in [1.807, 2.05) is 23.5 Å². The standard InChI is InChI=1S/C15H20OS2/c1-3-14-15(18-9-8-17-14)13(16)10-12-6-4-11(2)5-7-12/h4-7,14-15H,3,8-10H2,1-2H3. The number of ketones is 1. The number of carbonyl (C=O) groups excluding carboxylic acids is 1. The van der Waals surface area contributed by atoms with Crippen LogP contribution in [-0.4, -0.2) is 27.8 Å². The molecule has 1 aromatic rings. The summed E-state index contributed by atoms with van der Waals surface area (Å²) < 4.78 is 0. The lowest BCUT2D eigenvalue weighted by molar-refractivity contribution is -0.117. The first-order valence-corrected chi connectivity index (χ1v) is 8.62. The third-order valence-corrected chi connectivity index (χ3v) is 6.56. The predicted octanol–water partition coefficient (Wildman–Crippen LogP) is 3.73. The molecule has 0 aromatic heterocycles. The molecule has 1 fully saturated rings. The third-order valence-electron chi connectivity index (χ3n) is 3.27. The molecule has 3 heteroatoms. The monoisotopic (exact) mass is 280 g/mol. The average molecular weight is 280 g/mol. The average Bonchev–Trinajstić information content (AvgIpc) is 2.41. The number of carbonyl (C=O) groups is 1. The van der Waals surface area contributed by atoms with E-state index in [9.17, 15) is 4.79 Å². The van der Waals surface area contributed by atoms with Crippen molar-refractivity contribution in [1.29, 1.82) is 0 Å². The lowest BCUT2D eigenvalue weighted by atomic mass is 10.0. The molecule has 1 aliphatic heterocycles. The van der Waals surface area contributed by atoms with Crippen LogP contribution in [0.5, 0.6) is 0 Å². The lowest BCUT2D eigenvalue weighted by Gasteiger charge is -2.28. The van der Waals surface area contributed by atoms with Crippen LogP contribution in [0.2, 0.25) is 0 Å². The van der Waals surface area contributed by atoms with E-state index < -0.39 is 0 Å². The first kappa shape index (κ1) is 14.0. The molecule has 0 amide bonds. The molecule has 1 aromatic carbocycles. The second kappa shape index (κ2) is 6.67. The lowest BCUT2D eigenvalue weighted by Crippen LogP contribution is -2.33. The second-order valence-electron chi connectivity index (χ2n) is 4.74. The van der Waals surface area contributed by atoms with Crippen LogP contribution in [0.25, 0.3) is 0 Å². The van der Waals surface area contributed by atoms with Crippen molar-refractivity contribution in [2.45, 2.75) is 37.2 Å². The van der Waals surface area contributed by atoms with Crippen molar-refractivity contribution in [2.24, 2.45) is 0 Å². The highest BCUT2D eigenvalue weighted by Gasteiger charge is 2.30. The van der Waals surface area contributed by atoms with Gasteiger partial charge in [-0.25, -0.2) is 0 Å². The van der Waals surface area contributed by atoms with Gasteiger partial charge in [0.15, 0.2) is 5.78 Å². The van der Waals surface area contributed by atoms with Gasteiger partial charge in [0.05, 0.1) is 5.25 Å². The maximum Gasteiger partial charge on any atom is 0.151 e. The molecule has 18 heavy (non-hydrogen) atoms. The summed E-state index contributed by atoms with van der Waals surface area (Å²) in [6.45, 7) is 4.27. The van der Waals surface area contributed by atoms with Gasteiger partial charge in [0.25, 0.3) is 0 Å². The maximum absolute atomic E-state index is 12.4. The minimum absolute atomic E-state index is 0.204. The number of thioether (sulfide) groups is 2. The van der Waals surface area contributed by atoms with E-state index in [0.29, 0.717) is 17.5 Å². The summed E-state index contributed by atoms with van der Waals surface area (Å²) in [7, 11) is 0. The Labute approximate surface area is 118 Å². The highest BCUT2D eigenvalue weighted by molar-refractivity contribution is 8.07. The molecule has 0 saturated carbocycles. The molecule has 0 radical (unpaired) electrons. The van der Waals surface area contributed by atoms with Crippen LogP contribution >= 0.6 is 23.5 Å². The Morgan fingerprint density at radius 2 is 1.89 bits per heavy atom. The Balaban J connectivity index is 2.00. The van der Waals surface area contributed by atoms with Crippen LogP contribution in [0.3, 0.4) is 0 Å². The molecule has 1 nitrogen and oxygen atoms in total. The fraction of sp³-hybridized carbons (Fsp3) is 0.533. The molecule has 98 valence electrons. The zero-order valence-electron chi connectivity index (χ0n) is 11.0. The maximum atomic E-state index is 12.4. The van der Waals surface area contributed by atoms with E-state index in [1.165, 1.54) is 11.3 Å². The van der Waals surface area contributed by atoms with Gasteiger partial charge in [0.2, 0.25) is 0 Å². The van der Waals surface area contributed by atoms with Gasteiger partial charge in [-0.1, -0.05) is 36.8 Å². The largest absolute Gasteiger partial charge is 0.298 e. The molecule has 0 aliphatic carbocycles. The number of hydrogen-bond acceptors (Lipinski definition) is 3. The molecule has 0 spiro atoms. The molecular weight excluding hydrogens is 260 g/mol. The molecule has 1 heterocycles. The molecular formula is C15H20OS2. The van der Waals surface area contributed by atoms with E-state index >= 15 is 0 Å². The van der Waals surface area contributed by atoms with Crippen LogP contribution in [0.4, 0.5) is 0 Å². The quantitative estimate of drug-likeness (QED) is 0.836. The van der Waals surface area contributed by atoms with E-state index in [4.69, 9.17) is 0 Å². The molecule has 0 bridgehead atoms. The van der Waals surface area contributed by atoms with Crippen molar-refractivity contribution in [2.75, 3.05) is 11.5 Å². The van der Waals surface area contributed by atoms with Gasteiger partial charge < -0.3 is 0 Å². The summed E-state index contributed by atoms with van der Waals surface area (Å²) in [6, 6.07) is 8.33. The molecule has 0 N–H and O–H groups in total. The Hall–Kier alpha value is -0.410. The molecule has 2 atom stereocenters. The summed E-state index contributed by atoms with van der Waals surface area (Å²) in [4.78, 5) is 12.4. The second-order valence-corrected chi connectivity index (χ2v) is 7.33. The zero-order valence-corrected chi connectivity index (χ0v) is 12.7. The van der Waals surface area contributed by atoms with Gasteiger partial charge in [-0.15, -0.1) is 11.8 Å². The fourth-order valence-corrected chi connectivity index (χ4v) is 5.25. The van der Waals surface area contributed by atoms with Crippen LogP contribution in [0.1, 0.15) is 24.5 Å². The van der Waals surface area contributed by atoms with Crippen molar-refractivity contribution in [3.8, 4) is 0 Å². The summed E-state index contributed by atoms with van der Waals surface area (Å²) in [6.07, 6.45) is 1.69. The topological polar surface area (TPSA) is 17.1 Å². The number of Topliss-reactive ketones (excluding diaryl/α,β-unsaturated/α-hetero) is 1. The van der Waals surface area contributed by atoms with Crippen LogP contribution in [-0.2, 0) is 11.2 Å². The summed E-state index contributed by atoms with van der Waals surface area (Å²) in [5, 5.41) is 0.719. The Morgan fingerprint density at radius 1 is 1.22 bits per heavy atom. The Kier molecular flexibility index (Phi) is 5.19. The molecule has 2 unspecified atom stereocenters. The van der Waals surface area contributed by atoms with E-state index in [-0.39, 0.29) is 5.25 Å². The number of rotatable bonds is 4. The fourth-order valence-electron chi connectivity index (χ4n) is 2.21. The first-order valence-electron chi connectivity index (χ1n) is 6.52. The smallest absolute Gasteiger partial charge is 0.151 e. The van der Waals surface area contributed by atoms with Gasteiger partial charge in [-0.05, 0) is 18.9 Å². The molecule has 1 saturated heterocycles. The Bertz CT molecular complexity index is 399. The number of benzene rings is 1. The number of hydrogen-bond donors (Lipinski definition) is 0. The highest BCUT2D eigenvalue weighted by atomic mass is 32.2. The van der Waals surface area contributed by atoms with Crippen molar-refractivity contribution in [1.82, 2.24) is 0 Å². The van der Waals surface area contributed by atoms with Crippen molar-refractivity contribution in [3.05, 3.63) is 35.4 Å². The Morgan fingerprint density at radius 3 is 2.56 bits per heavy atom. The normalized spacial score (nSPS) is 23.9. The first-order chi connectivity index (χ1) is 8.70. The van der Waals surface area contributed by atoms with Gasteiger partial charge >= 0.3 is 0 Å². The third kappa shape index (κ3) is 3.55. The molecule has 1 aliphatic rings. The van der Waals surface area contributed by atoms with E-state index in [2.05, 4.69) is 38.1 Å². The van der Waals surface area contributed by atoms with Crippen LogP contribution in [0, 0.1) is 6.92 Å². The summed E-state index contributed by atoms with van der Waals surface area (Å²) in [5.41, 5.74) is 2.40. The number of aryl methyl sites for hydroxylation is 1. The summed E-state index contributed by atoms with van der Waals surface area (Å²) >= 11 is 3.83. The SMILES string of the molecule is CCC1SCCSC1C(=O)Cc1ccc(C)cc1.